The van der Waals surface area contributed by atoms with Crippen LogP contribution >= 0.6 is 0 Å². The lowest BCUT2D eigenvalue weighted by Crippen LogP contribution is -2.15. The van der Waals surface area contributed by atoms with E-state index in [9.17, 15) is 21.0 Å². The van der Waals surface area contributed by atoms with E-state index in [-0.39, 0.29) is 22.3 Å². The van der Waals surface area contributed by atoms with Gasteiger partial charge in [-0.2, -0.15) is 21.0 Å². The van der Waals surface area contributed by atoms with Gasteiger partial charge < -0.3 is 9.80 Å². The number of nitrogens with zero attached hydrogens (tertiary/aromatic N) is 6. The third-order valence-corrected chi connectivity index (χ3v) is 4.76. The molecule has 0 radical (unpaired) electrons. The van der Waals surface area contributed by atoms with Gasteiger partial charge in [-0.15, -0.1) is 0 Å². The van der Waals surface area contributed by atoms with Gasteiger partial charge in [0.1, 0.15) is 24.3 Å². The molecule has 0 spiro atoms. The van der Waals surface area contributed by atoms with Crippen LogP contribution in [-0.4, -0.2) is 28.2 Å². The van der Waals surface area contributed by atoms with Crippen molar-refractivity contribution in [3.05, 3.63) is 46.5 Å². The van der Waals surface area contributed by atoms with Gasteiger partial charge >= 0.3 is 0 Å². The van der Waals surface area contributed by atoms with E-state index in [1.165, 1.54) is 0 Å². The summed E-state index contributed by atoms with van der Waals surface area (Å²) in [5.41, 5.74) is 1.82. The van der Waals surface area contributed by atoms with Gasteiger partial charge in [0, 0.05) is 50.0 Å². The average Bonchev–Trinajstić information content (AvgIpc) is 2.69. The summed E-state index contributed by atoms with van der Waals surface area (Å²) in [7, 11) is 7.59. The van der Waals surface area contributed by atoms with Crippen LogP contribution in [0.2, 0.25) is 0 Å². The van der Waals surface area contributed by atoms with Crippen LogP contribution in [0.1, 0.15) is 22.3 Å². The van der Waals surface area contributed by atoms with Gasteiger partial charge in [-0.05, 0) is 17.5 Å². The summed E-state index contributed by atoms with van der Waals surface area (Å²) in [5.74, 6) is 0. The minimum Gasteiger partial charge on any atom is -0.377 e. The molecule has 6 heteroatoms. The van der Waals surface area contributed by atoms with Crippen molar-refractivity contribution in [3.63, 3.8) is 0 Å². The van der Waals surface area contributed by atoms with E-state index in [0.29, 0.717) is 10.8 Å². The van der Waals surface area contributed by atoms with Gasteiger partial charge in [0.2, 0.25) is 0 Å². The van der Waals surface area contributed by atoms with E-state index >= 15 is 0 Å². The first-order valence-electron chi connectivity index (χ1n) is 8.45. The van der Waals surface area contributed by atoms with Crippen molar-refractivity contribution in [2.75, 3.05) is 38.0 Å². The molecule has 3 aromatic carbocycles. The Morgan fingerprint density at radius 3 is 1.75 bits per heavy atom. The van der Waals surface area contributed by atoms with Crippen LogP contribution in [0, 0.1) is 45.3 Å². The Labute approximate surface area is 163 Å². The van der Waals surface area contributed by atoms with Crippen molar-refractivity contribution in [2.45, 2.75) is 0 Å². The summed E-state index contributed by atoms with van der Waals surface area (Å²) in [5, 5.41) is 41.7. The summed E-state index contributed by atoms with van der Waals surface area (Å²) in [6.07, 6.45) is 0. The normalized spacial score (nSPS) is 10.0. The van der Waals surface area contributed by atoms with Gasteiger partial charge in [-0.3, -0.25) is 0 Å². The fourth-order valence-electron chi connectivity index (χ4n) is 3.65. The monoisotopic (exact) mass is 364 g/mol. The number of fused-ring (bicyclic) bond motifs is 2. The van der Waals surface area contributed by atoms with Crippen LogP contribution in [0.3, 0.4) is 0 Å². The fraction of sp³-hybridized carbons (Fsp3) is 0.182. The molecule has 134 valence electrons. The van der Waals surface area contributed by atoms with E-state index in [4.69, 9.17) is 0 Å². The Bertz CT molecular complexity index is 1300. The van der Waals surface area contributed by atoms with Crippen LogP contribution in [0.15, 0.2) is 24.3 Å². The number of hydrogen-bond acceptors (Lipinski definition) is 6. The third kappa shape index (κ3) is 2.45. The smallest absolute Gasteiger partial charge is 0.102 e. The van der Waals surface area contributed by atoms with Crippen molar-refractivity contribution in [1.82, 2.24) is 0 Å². The maximum Gasteiger partial charge on any atom is 0.102 e. The molecule has 0 aromatic heterocycles. The second-order valence-electron chi connectivity index (χ2n) is 6.76. The Kier molecular flexibility index (Phi) is 4.50. The second-order valence-corrected chi connectivity index (χ2v) is 6.76. The Balaban J connectivity index is 2.83. The van der Waals surface area contributed by atoms with E-state index in [2.05, 4.69) is 12.1 Å². The molecule has 0 heterocycles. The number of hydrogen-bond donors (Lipinski definition) is 0. The van der Waals surface area contributed by atoms with E-state index < -0.39 is 0 Å². The molecule has 0 unspecified atom stereocenters. The molecule has 3 rings (SSSR count). The predicted molar refractivity (Wildman–Crippen MR) is 109 cm³/mol. The molecular formula is C22H16N6. The molecule has 0 fully saturated rings. The number of nitriles is 4. The molecule has 0 saturated carbocycles. The molecule has 28 heavy (non-hydrogen) atoms. The summed E-state index contributed by atoms with van der Waals surface area (Å²) in [6.45, 7) is 0. The van der Waals surface area contributed by atoms with Crippen molar-refractivity contribution in [2.24, 2.45) is 0 Å². The van der Waals surface area contributed by atoms with Crippen LogP contribution in [0.4, 0.5) is 11.4 Å². The lowest BCUT2D eigenvalue weighted by Gasteiger charge is -2.25. The van der Waals surface area contributed by atoms with Crippen LogP contribution in [0.25, 0.3) is 21.5 Å². The zero-order valence-electron chi connectivity index (χ0n) is 16.0. The lowest BCUT2D eigenvalue weighted by molar-refractivity contribution is 1.13. The molecule has 6 nitrogen and oxygen atoms in total. The van der Waals surface area contributed by atoms with Crippen LogP contribution < -0.4 is 9.80 Å². The van der Waals surface area contributed by atoms with Gasteiger partial charge in [-0.1, -0.05) is 12.1 Å². The first-order valence-corrected chi connectivity index (χ1v) is 8.45. The molecule has 0 saturated heterocycles. The average molecular weight is 364 g/mol. The van der Waals surface area contributed by atoms with Gasteiger partial charge in [0.15, 0.2) is 0 Å². The van der Waals surface area contributed by atoms with E-state index in [1.807, 2.05) is 74.4 Å². The summed E-state index contributed by atoms with van der Waals surface area (Å²) in [4.78, 5) is 3.86. The van der Waals surface area contributed by atoms with Gasteiger partial charge in [-0.25, -0.2) is 0 Å². The van der Waals surface area contributed by atoms with Crippen molar-refractivity contribution in [1.29, 1.82) is 21.0 Å². The van der Waals surface area contributed by atoms with Gasteiger partial charge in [0.25, 0.3) is 0 Å². The summed E-state index contributed by atoms with van der Waals surface area (Å²) >= 11 is 0. The maximum atomic E-state index is 9.87. The fourth-order valence-corrected chi connectivity index (χ4v) is 3.65. The Morgan fingerprint density at radius 1 is 0.679 bits per heavy atom. The molecule has 0 N–H and O–H groups in total. The predicted octanol–water partition coefficient (Wildman–Crippen LogP) is 3.61. The highest BCUT2D eigenvalue weighted by atomic mass is 15.1. The standard InChI is InChI=1S/C22H16N6/c1-27(2)19-7-5-6-13-8-14-15(9-23)16(10-24)17(11-25)18(12-26)21(14)22(20(13)19)28(3)4/h5-8H,1-4H3. The molecule has 0 amide bonds. The second kappa shape index (κ2) is 6.81. The molecule has 0 aliphatic heterocycles. The largest absolute Gasteiger partial charge is 0.377 e. The minimum absolute atomic E-state index is 0.0538. The minimum atomic E-state index is -0.0566. The molecule has 0 aliphatic rings. The highest BCUT2D eigenvalue weighted by Crippen LogP contribution is 2.43. The molecular weight excluding hydrogens is 348 g/mol. The van der Waals surface area contributed by atoms with Crippen molar-refractivity contribution < 1.29 is 0 Å². The van der Waals surface area contributed by atoms with E-state index in [1.54, 1.807) is 0 Å². The van der Waals surface area contributed by atoms with Crippen molar-refractivity contribution in [3.8, 4) is 24.3 Å². The van der Waals surface area contributed by atoms with Crippen molar-refractivity contribution >= 4 is 32.9 Å². The first kappa shape index (κ1) is 18.5. The van der Waals surface area contributed by atoms with Crippen LogP contribution in [0.5, 0.6) is 0 Å². The quantitative estimate of drug-likeness (QED) is 0.644. The zero-order chi connectivity index (χ0) is 20.6. The topological polar surface area (TPSA) is 102 Å². The first-order chi connectivity index (χ1) is 13.4. The Morgan fingerprint density at radius 2 is 1.25 bits per heavy atom. The maximum absolute atomic E-state index is 9.87. The lowest BCUT2D eigenvalue weighted by atomic mass is 9.87. The molecule has 0 aliphatic carbocycles. The van der Waals surface area contributed by atoms with E-state index in [0.717, 1.165) is 22.1 Å². The third-order valence-electron chi connectivity index (χ3n) is 4.76. The molecule has 0 atom stereocenters. The highest BCUT2D eigenvalue weighted by molar-refractivity contribution is 6.19. The SMILES string of the molecule is CN(C)c1cccc2cc3c(C#N)c(C#N)c(C#N)c(C#N)c3c(N(C)C)c12. The summed E-state index contributed by atoms with van der Waals surface area (Å²) < 4.78 is 0. The number of anilines is 2. The highest BCUT2D eigenvalue weighted by Gasteiger charge is 2.25. The molecule has 3 aromatic rings. The van der Waals surface area contributed by atoms with Crippen LogP contribution in [-0.2, 0) is 0 Å². The molecule has 0 bridgehead atoms. The number of rotatable bonds is 2. The van der Waals surface area contributed by atoms with Gasteiger partial charge in [0.05, 0.1) is 27.9 Å². The Hall–Kier alpha value is -4.26. The number of benzene rings is 3. The summed E-state index contributed by atoms with van der Waals surface area (Å²) in [6, 6.07) is 15.7. The zero-order valence-corrected chi connectivity index (χ0v) is 16.0.